The quantitative estimate of drug-likeness (QED) is 0.281. The van der Waals surface area contributed by atoms with E-state index in [2.05, 4.69) is 11.8 Å². The molecule has 2 N–H and O–H groups in total. The van der Waals surface area contributed by atoms with Gasteiger partial charge in [-0.05, 0) is 30.5 Å². The van der Waals surface area contributed by atoms with Crippen LogP contribution in [0.4, 0.5) is 5.69 Å². The van der Waals surface area contributed by atoms with Crippen LogP contribution in [0.3, 0.4) is 0 Å². The Morgan fingerprint density at radius 3 is 2.48 bits per heavy atom. The van der Waals surface area contributed by atoms with Crippen LogP contribution in [-0.2, 0) is 16.0 Å². The Labute approximate surface area is 173 Å². The number of halogens is 2. The number of benzene rings is 1. The highest BCUT2D eigenvalue weighted by Crippen LogP contribution is 2.30. The number of nitrogens with zero attached hydrogens (tertiary/aromatic N) is 1. The Hall–Kier alpha value is -1.17. The molecule has 27 heavy (non-hydrogen) atoms. The van der Waals surface area contributed by atoms with Crippen LogP contribution in [0.25, 0.3) is 0 Å². The molecule has 0 aliphatic carbocycles. The van der Waals surface area contributed by atoms with Gasteiger partial charge in [-0.1, -0.05) is 32.3 Å². The van der Waals surface area contributed by atoms with Gasteiger partial charge in [-0.15, -0.1) is 23.2 Å². The zero-order valence-electron chi connectivity index (χ0n) is 16.4. The van der Waals surface area contributed by atoms with Crippen LogP contribution < -0.4 is 15.4 Å². The first-order valence-electron chi connectivity index (χ1n) is 9.53. The van der Waals surface area contributed by atoms with E-state index < -0.39 is 6.04 Å². The lowest BCUT2D eigenvalue weighted by Gasteiger charge is -2.25. The molecule has 0 amide bonds. The van der Waals surface area contributed by atoms with Gasteiger partial charge < -0.3 is 20.1 Å². The van der Waals surface area contributed by atoms with Gasteiger partial charge in [0.15, 0.2) is 0 Å². The molecular formula is C20H32Cl2N2O3. The lowest BCUT2D eigenvalue weighted by Crippen LogP contribution is -2.34. The summed E-state index contributed by atoms with van der Waals surface area (Å²) in [6.45, 7) is 3.88. The number of ether oxygens (including phenoxy) is 2. The maximum absolute atomic E-state index is 12.1. The highest BCUT2D eigenvalue weighted by Gasteiger charge is 2.18. The fourth-order valence-electron chi connectivity index (χ4n) is 2.81. The molecule has 1 unspecified atom stereocenters. The van der Waals surface area contributed by atoms with Gasteiger partial charge in [-0.2, -0.15) is 0 Å². The third-order valence-electron chi connectivity index (χ3n) is 4.29. The molecule has 0 aromatic heterocycles. The van der Waals surface area contributed by atoms with E-state index in [1.165, 1.54) is 0 Å². The van der Waals surface area contributed by atoms with Crippen molar-refractivity contribution in [3.63, 3.8) is 0 Å². The summed E-state index contributed by atoms with van der Waals surface area (Å²) in [6.07, 6.45) is 4.65. The second kappa shape index (κ2) is 13.9. The van der Waals surface area contributed by atoms with Crippen LogP contribution in [0.1, 0.15) is 38.2 Å². The Morgan fingerprint density at radius 1 is 1.19 bits per heavy atom. The van der Waals surface area contributed by atoms with E-state index >= 15 is 0 Å². The van der Waals surface area contributed by atoms with Gasteiger partial charge in [0.1, 0.15) is 11.8 Å². The number of nitrogens with two attached hydrogens (primary N) is 1. The van der Waals surface area contributed by atoms with Gasteiger partial charge in [-0.3, -0.25) is 4.79 Å². The number of methoxy groups -OCH3 is 1. The average molecular weight is 419 g/mol. The lowest BCUT2D eigenvalue weighted by atomic mass is 10.0. The molecule has 0 spiro atoms. The van der Waals surface area contributed by atoms with Crippen LogP contribution in [0, 0.1) is 0 Å². The van der Waals surface area contributed by atoms with Crippen molar-refractivity contribution in [1.29, 1.82) is 0 Å². The SMILES string of the molecule is CCCCCCOC(=O)C(N)Cc1ccc(OC)c(N(CCCl)CCCl)c1. The molecular weight excluding hydrogens is 387 g/mol. The van der Waals surface area contributed by atoms with Crippen molar-refractivity contribution in [3.05, 3.63) is 23.8 Å². The first kappa shape index (κ1) is 23.9. The molecule has 154 valence electrons. The maximum atomic E-state index is 12.1. The molecule has 5 nitrogen and oxygen atoms in total. The number of carbonyl (C=O) groups excluding carboxylic acids is 1. The Balaban J connectivity index is 2.73. The van der Waals surface area contributed by atoms with Crippen molar-refractivity contribution < 1.29 is 14.3 Å². The largest absolute Gasteiger partial charge is 0.495 e. The minimum absolute atomic E-state index is 0.359. The van der Waals surface area contributed by atoms with E-state index in [0.29, 0.717) is 37.9 Å². The molecule has 0 fully saturated rings. The third kappa shape index (κ3) is 8.58. The van der Waals surface area contributed by atoms with Crippen molar-refractivity contribution in [3.8, 4) is 5.75 Å². The summed E-state index contributed by atoms with van der Waals surface area (Å²) < 4.78 is 10.7. The predicted molar refractivity (Wildman–Crippen MR) is 113 cm³/mol. The fraction of sp³-hybridized carbons (Fsp3) is 0.650. The van der Waals surface area contributed by atoms with E-state index in [4.69, 9.17) is 38.4 Å². The fourth-order valence-corrected chi connectivity index (χ4v) is 3.22. The molecule has 0 aliphatic heterocycles. The first-order chi connectivity index (χ1) is 13.1. The Kier molecular flexibility index (Phi) is 12.3. The molecule has 0 heterocycles. The van der Waals surface area contributed by atoms with E-state index in [0.717, 1.165) is 42.7 Å². The molecule has 7 heteroatoms. The van der Waals surface area contributed by atoms with Gasteiger partial charge in [0, 0.05) is 24.8 Å². The number of anilines is 1. The number of unbranched alkanes of at least 4 members (excludes halogenated alkanes) is 3. The van der Waals surface area contributed by atoms with Crippen molar-refractivity contribution in [2.75, 3.05) is 43.5 Å². The molecule has 0 saturated carbocycles. The number of carbonyl (C=O) groups is 1. The summed E-state index contributed by atoms with van der Waals surface area (Å²) in [5.41, 5.74) is 7.88. The first-order valence-corrected chi connectivity index (χ1v) is 10.6. The van der Waals surface area contributed by atoms with Crippen molar-refractivity contribution in [1.82, 2.24) is 0 Å². The van der Waals surface area contributed by atoms with Gasteiger partial charge in [-0.25, -0.2) is 0 Å². The zero-order chi connectivity index (χ0) is 20.1. The van der Waals surface area contributed by atoms with Gasteiger partial charge >= 0.3 is 5.97 Å². The summed E-state index contributed by atoms with van der Waals surface area (Å²) in [4.78, 5) is 14.2. The topological polar surface area (TPSA) is 64.8 Å². The summed E-state index contributed by atoms with van der Waals surface area (Å²) in [5, 5.41) is 0. The highest BCUT2D eigenvalue weighted by atomic mass is 35.5. The lowest BCUT2D eigenvalue weighted by molar-refractivity contribution is -0.145. The third-order valence-corrected chi connectivity index (χ3v) is 4.63. The van der Waals surface area contributed by atoms with Crippen molar-refractivity contribution in [2.24, 2.45) is 5.73 Å². The number of hydrogen-bond donors (Lipinski definition) is 1. The second-order valence-electron chi connectivity index (χ2n) is 6.41. The molecule has 1 rings (SSSR count). The summed E-state index contributed by atoms with van der Waals surface area (Å²) >= 11 is 11.8. The second-order valence-corrected chi connectivity index (χ2v) is 7.17. The smallest absolute Gasteiger partial charge is 0.323 e. The molecule has 1 aromatic rings. The molecule has 0 radical (unpaired) electrons. The number of alkyl halides is 2. The standard InChI is InChI=1S/C20H32Cl2N2O3/c1-3-4-5-6-13-27-20(25)17(23)14-16-7-8-19(26-2)18(15-16)24(11-9-21)12-10-22/h7-8,15,17H,3-6,9-14,23H2,1-2H3. The Bertz CT molecular complexity index is 552. The zero-order valence-corrected chi connectivity index (χ0v) is 17.9. The maximum Gasteiger partial charge on any atom is 0.323 e. The molecule has 0 saturated heterocycles. The molecule has 0 aliphatic rings. The summed E-state index contributed by atoms with van der Waals surface area (Å²) in [5.74, 6) is 1.34. The van der Waals surface area contributed by atoms with Crippen molar-refractivity contribution in [2.45, 2.75) is 45.1 Å². The van der Waals surface area contributed by atoms with E-state index in [1.807, 2.05) is 18.2 Å². The number of rotatable bonds is 14. The summed E-state index contributed by atoms with van der Waals surface area (Å²) in [6, 6.07) is 5.08. The van der Waals surface area contributed by atoms with Gasteiger partial charge in [0.25, 0.3) is 0 Å². The van der Waals surface area contributed by atoms with Crippen LogP contribution >= 0.6 is 23.2 Å². The monoisotopic (exact) mass is 418 g/mol. The normalized spacial score (nSPS) is 11.9. The highest BCUT2D eigenvalue weighted by molar-refractivity contribution is 6.18. The van der Waals surface area contributed by atoms with E-state index in [1.54, 1.807) is 7.11 Å². The minimum atomic E-state index is -0.688. The van der Waals surface area contributed by atoms with Crippen LogP contribution in [0.15, 0.2) is 18.2 Å². The van der Waals surface area contributed by atoms with Crippen LogP contribution in [-0.4, -0.2) is 50.6 Å². The average Bonchev–Trinajstić information content (AvgIpc) is 2.67. The van der Waals surface area contributed by atoms with Crippen molar-refractivity contribution >= 4 is 34.9 Å². The van der Waals surface area contributed by atoms with E-state index in [9.17, 15) is 4.79 Å². The molecule has 1 aromatic carbocycles. The minimum Gasteiger partial charge on any atom is -0.495 e. The number of hydrogen-bond acceptors (Lipinski definition) is 5. The van der Waals surface area contributed by atoms with Crippen LogP contribution in [0.5, 0.6) is 5.75 Å². The Morgan fingerprint density at radius 2 is 1.89 bits per heavy atom. The molecule has 1 atom stereocenters. The van der Waals surface area contributed by atoms with E-state index in [-0.39, 0.29) is 5.97 Å². The predicted octanol–water partition coefficient (Wildman–Crippen LogP) is 3.97. The van der Waals surface area contributed by atoms with Crippen LogP contribution in [0.2, 0.25) is 0 Å². The molecule has 0 bridgehead atoms. The van der Waals surface area contributed by atoms with Gasteiger partial charge in [0.2, 0.25) is 0 Å². The summed E-state index contributed by atoms with van der Waals surface area (Å²) in [7, 11) is 1.62. The number of esters is 1. The van der Waals surface area contributed by atoms with Gasteiger partial charge in [0.05, 0.1) is 19.4 Å².